The highest BCUT2D eigenvalue weighted by Crippen LogP contribution is 2.40. The van der Waals surface area contributed by atoms with E-state index in [4.69, 9.17) is 4.42 Å². The number of nitrogens with one attached hydrogen (secondary N) is 1. The Labute approximate surface area is 277 Å². The van der Waals surface area contributed by atoms with E-state index in [0.29, 0.717) is 46.7 Å². The number of unbranched alkanes of at least 4 members (excludes halogenated alkanes) is 1. The molecular weight excluding hydrogens is 618 g/mol. The van der Waals surface area contributed by atoms with Crippen molar-refractivity contribution in [2.75, 3.05) is 19.6 Å². The summed E-state index contributed by atoms with van der Waals surface area (Å²) in [4.78, 5) is 45.8. The minimum absolute atomic E-state index is 0.0419. The number of aromatic nitrogens is 1. The van der Waals surface area contributed by atoms with Crippen LogP contribution in [-0.4, -0.2) is 68.1 Å². The molecular formula is C35H37N5O6S. The largest absolute Gasteiger partial charge is 0.465 e. The Balaban J connectivity index is 1.36. The molecule has 0 radical (unpaired) electrons. The van der Waals surface area contributed by atoms with E-state index in [1.54, 1.807) is 48.5 Å². The van der Waals surface area contributed by atoms with Gasteiger partial charge in [-0.05, 0) is 67.9 Å². The van der Waals surface area contributed by atoms with E-state index in [1.807, 2.05) is 18.2 Å². The van der Waals surface area contributed by atoms with E-state index in [2.05, 4.69) is 28.5 Å². The first-order valence-corrected chi connectivity index (χ1v) is 16.7. The number of amides is 3. The van der Waals surface area contributed by atoms with Gasteiger partial charge in [-0.15, -0.1) is 11.8 Å². The Kier molecular flexibility index (Phi) is 11.1. The lowest BCUT2D eigenvalue weighted by Crippen LogP contribution is -2.61. The molecule has 1 unspecified atom stereocenters. The molecule has 4 aromatic rings. The lowest BCUT2D eigenvalue weighted by molar-refractivity contribution is -0.183. The van der Waals surface area contributed by atoms with Gasteiger partial charge in [0.05, 0.1) is 18.2 Å². The maximum atomic E-state index is 14.3. The SMILES string of the molecule is N#Cc1ccccc1CSC(CN(O)C(=O)[C@]1(c2nc3ccccc3o2)CCCCN1C(=O)O)C(=O)NCCCCc1ccccc1. The quantitative estimate of drug-likeness (QED) is 0.0930. The van der Waals surface area contributed by atoms with Gasteiger partial charge < -0.3 is 14.8 Å². The zero-order chi connectivity index (χ0) is 33.2. The molecule has 3 aromatic carbocycles. The van der Waals surface area contributed by atoms with Crippen molar-refractivity contribution in [2.45, 2.75) is 55.1 Å². The first-order chi connectivity index (χ1) is 22.8. The van der Waals surface area contributed by atoms with Gasteiger partial charge >= 0.3 is 6.09 Å². The number of rotatable bonds is 13. The van der Waals surface area contributed by atoms with Gasteiger partial charge in [0.2, 0.25) is 17.3 Å². The highest BCUT2D eigenvalue weighted by atomic mass is 32.2. The lowest BCUT2D eigenvalue weighted by atomic mass is 9.85. The first-order valence-electron chi connectivity index (χ1n) is 15.6. The summed E-state index contributed by atoms with van der Waals surface area (Å²) in [6, 6.07) is 26.1. The number of carboxylic acid groups (broad SMARTS) is 1. The number of oxazole rings is 1. The molecule has 1 aliphatic heterocycles. The van der Waals surface area contributed by atoms with E-state index in [1.165, 1.54) is 17.3 Å². The van der Waals surface area contributed by atoms with E-state index < -0.39 is 29.3 Å². The number of piperidine rings is 1. The average Bonchev–Trinajstić information content (AvgIpc) is 3.55. The molecule has 244 valence electrons. The number of aryl methyl sites for hydroxylation is 1. The Morgan fingerprint density at radius 1 is 1.04 bits per heavy atom. The number of para-hydroxylation sites is 2. The molecule has 47 heavy (non-hydrogen) atoms. The molecule has 1 fully saturated rings. The van der Waals surface area contributed by atoms with Gasteiger partial charge in [0.1, 0.15) is 10.8 Å². The summed E-state index contributed by atoms with van der Waals surface area (Å²) in [5.74, 6) is -1.18. The first kappa shape index (κ1) is 33.5. The van der Waals surface area contributed by atoms with Gasteiger partial charge in [-0.2, -0.15) is 5.26 Å². The second-order valence-electron chi connectivity index (χ2n) is 11.4. The number of benzene rings is 3. The Morgan fingerprint density at radius 3 is 2.55 bits per heavy atom. The maximum Gasteiger partial charge on any atom is 0.408 e. The number of hydrogen-bond acceptors (Lipinski definition) is 8. The molecule has 0 spiro atoms. The molecule has 1 saturated heterocycles. The second-order valence-corrected chi connectivity index (χ2v) is 12.6. The van der Waals surface area contributed by atoms with E-state index >= 15 is 0 Å². The highest BCUT2D eigenvalue weighted by Gasteiger charge is 2.55. The van der Waals surface area contributed by atoms with Crippen LogP contribution in [0.25, 0.3) is 11.1 Å². The number of carbonyl (C=O) groups excluding carboxylic acids is 2. The Hall–Kier alpha value is -4.86. The molecule has 5 rings (SSSR count). The van der Waals surface area contributed by atoms with Crippen molar-refractivity contribution in [3.63, 3.8) is 0 Å². The monoisotopic (exact) mass is 655 g/mol. The fourth-order valence-corrected chi connectivity index (χ4v) is 6.97. The summed E-state index contributed by atoms with van der Waals surface area (Å²) >= 11 is 1.18. The van der Waals surface area contributed by atoms with Gasteiger partial charge in [0, 0.05) is 18.8 Å². The molecule has 0 aliphatic carbocycles. The van der Waals surface area contributed by atoms with E-state index in [0.717, 1.165) is 24.2 Å². The molecule has 2 atom stereocenters. The van der Waals surface area contributed by atoms with Gasteiger partial charge in [-0.1, -0.05) is 60.7 Å². The third kappa shape index (κ3) is 7.76. The summed E-state index contributed by atoms with van der Waals surface area (Å²) in [6.45, 7) is 0.0141. The number of hydrogen-bond donors (Lipinski definition) is 3. The lowest BCUT2D eigenvalue weighted by Gasteiger charge is -2.43. The normalized spacial score (nSPS) is 16.7. The molecule has 3 amide bonds. The van der Waals surface area contributed by atoms with Crippen molar-refractivity contribution >= 4 is 40.8 Å². The third-order valence-electron chi connectivity index (χ3n) is 8.34. The fraction of sp³-hybridized carbons (Fsp3) is 0.343. The molecule has 12 heteroatoms. The van der Waals surface area contributed by atoms with Crippen molar-refractivity contribution in [1.29, 1.82) is 5.26 Å². The number of nitriles is 1. The molecule has 2 heterocycles. The van der Waals surface area contributed by atoms with Crippen LogP contribution in [0.4, 0.5) is 4.79 Å². The number of thioether (sulfide) groups is 1. The Morgan fingerprint density at radius 2 is 1.79 bits per heavy atom. The van der Waals surface area contributed by atoms with Crippen LogP contribution in [0.15, 0.2) is 83.3 Å². The summed E-state index contributed by atoms with van der Waals surface area (Å²) in [5, 5.41) is 33.6. The van der Waals surface area contributed by atoms with Crippen molar-refractivity contribution in [3.05, 3.63) is 101 Å². The smallest absolute Gasteiger partial charge is 0.408 e. The summed E-state index contributed by atoms with van der Waals surface area (Å²) < 4.78 is 5.96. The van der Waals surface area contributed by atoms with Crippen LogP contribution >= 0.6 is 11.8 Å². The predicted molar refractivity (Wildman–Crippen MR) is 176 cm³/mol. The fourth-order valence-electron chi connectivity index (χ4n) is 5.86. The molecule has 3 N–H and O–H groups in total. The third-order valence-corrected chi connectivity index (χ3v) is 9.58. The van der Waals surface area contributed by atoms with Crippen LogP contribution in [0.5, 0.6) is 0 Å². The minimum atomic E-state index is -1.92. The molecule has 1 aliphatic rings. The van der Waals surface area contributed by atoms with Crippen LogP contribution in [0.3, 0.4) is 0 Å². The Bertz CT molecular complexity index is 1710. The van der Waals surface area contributed by atoms with Crippen molar-refractivity contribution in [1.82, 2.24) is 20.3 Å². The van der Waals surface area contributed by atoms with Crippen molar-refractivity contribution < 1.29 is 29.1 Å². The second kappa shape index (κ2) is 15.6. The van der Waals surface area contributed by atoms with Crippen molar-refractivity contribution in [3.8, 4) is 6.07 Å². The zero-order valence-corrected chi connectivity index (χ0v) is 26.7. The van der Waals surface area contributed by atoms with Gasteiger partial charge in [-0.25, -0.2) is 14.8 Å². The molecule has 1 aromatic heterocycles. The van der Waals surface area contributed by atoms with Crippen LogP contribution in [-0.2, 0) is 27.3 Å². The zero-order valence-electron chi connectivity index (χ0n) is 25.9. The summed E-state index contributed by atoms with van der Waals surface area (Å²) in [7, 11) is 0. The van der Waals surface area contributed by atoms with Gasteiger partial charge in [0.25, 0.3) is 5.91 Å². The number of likely N-dealkylation sites (tertiary alicyclic amines) is 1. The number of carbonyl (C=O) groups is 3. The van der Waals surface area contributed by atoms with Crippen molar-refractivity contribution in [2.24, 2.45) is 0 Å². The molecule has 0 saturated carbocycles. The summed E-state index contributed by atoms with van der Waals surface area (Å²) in [5.41, 5.74) is 1.30. The number of fused-ring (bicyclic) bond motifs is 1. The topological polar surface area (TPSA) is 160 Å². The van der Waals surface area contributed by atoms with Crippen LogP contribution in [0.2, 0.25) is 0 Å². The van der Waals surface area contributed by atoms with Crippen LogP contribution < -0.4 is 5.32 Å². The minimum Gasteiger partial charge on any atom is -0.465 e. The highest BCUT2D eigenvalue weighted by molar-refractivity contribution is 7.99. The van der Waals surface area contributed by atoms with Gasteiger partial charge in [0.15, 0.2) is 5.58 Å². The summed E-state index contributed by atoms with van der Waals surface area (Å²) in [6.07, 6.45) is 2.18. The van der Waals surface area contributed by atoms with E-state index in [-0.39, 0.29) is 30.5 Å². The van der Waals surface area contributed by atoms with E-state index in [9.17, 15) is 30.0 Å². The van der Waals surface area contributed by atoms with Gasteiger partial charge in [-0.3, -0.25) is 19.7 Å². The molecule has 0 bridgehead atoms. The van der Waals surface area contributed by atoms with Crippen LogP contribution in [0.1, 0.15) is 54.7 Å². The molecule has 11 nitrogen and oxygen atoms in total. The maximum absolute atomic E-state index is 14.3. The number of hydroxylamine groups is 2. The predicted octanol–water partition coefficient (Wildman–Crippen LogP) is 5.72. The standard InChI is InChI=1S/C35H37N5O6S/c36-22-26-15-4-5-16-27(26)24-47-30(31(41)37-20-10-8-14-25-12-2-1-3-13-25)23-40(45)33(42)35(19-9-11-21-39(35)34(43)44)32-38-28-17-6-7-18-29(28)46-32/h1-7,12-13,15-18,30,45H,8-11,14,19-21,23-24H2,(H,37,41)(H,43,44)/t30?,35-/m1/s1. The van der Waals surface area contributed by atoms with Crippen LogP contribution in [0, 0.1) is 11.3 Å². The average molecular weight is 656 g/mol. The number of nitrogens with zero attached hydrogens (tertiary/aromatic N) is 4.